The summed E-state index contributed by atoms with van der Waals surface area (Å²) in [7, 11) is 0. The summed E-state index contributed by atoms with van der Waals surface area (Å²) in [6.07, 6.45) is 5.04. The molecule has 1 aromatic rings. The van der Waals surface area contributed by atoms with Crippen molar-refractivity contribution in [2.45, 2.75) is 39.0 Å². The van der Waals surface area contributed by atoms with Crippen LogP contribution in [0.2, 0.25) is 0 Å². The summed E-state index contributed by atoms with van der Waals surface area (Å²) in [5, 5.41) is 2.90. The van der Waals surface area contributed by atoms with Crippen LogP contribution in [0, 0.1) is 5.92 Å². The molecule has 1 N–H and O–H groups in total. The molecule has 0 heterocycles. The zero-order valence-electron chi connectivity index (χ0n) is 11.9. The zero-order chi connectivity index (χ0) is 14.4. The fourth-order valence-corrected chi connectivity index (χ4v) is 2.40. The number of carbonyl (C=O) groups is 2. The number of rotatable bonds is 5. The number of benzene rings is 1. The first-order valence-electron chi connectivity index (χ1n) is 7.28. The summed E-state index contributed by atoms with van der Waals surface area (Å²) in [6.45, 7) is 2.38. The van der Waals surface area contributed by atoms with Crippen molar-refractivity contribution < 1.29 is 14.3 Å². The Kier molecular flexibility index (Phi) is 5.16. The molecule has 1 aromatic carbocycles. The van der Waals surface area contributed by atoms with E-state index in [9.17, 15) is 9.59 Å². The van der Waals surface area contributed by atoms with Crippen molar-refractivity contribution in [2.75, 3.05) is 11.9 Å². The second-order valence-electron chi connectivity index (χ2n) is 5.18. The SMILES string of the molecule is CCCOC(=O)c1ccc(NC(=O)C2CCCC2)cc1. The molecule has 1 fully saturated rings. The van der Waals surface area contributed by atoms with Gasteiger partial charge in [0.15, 0.2) is 0 Å². The third-order valence-corrected chi connectivity index (χ3v) is 3.55. The molecule has 1 amide bonds. The average molecular weight is 275 g/mol. The van der Waals surface area contributed by atoms with Gasteiger partial charge in [-0.15, -0.1) is 0 Å². The number of anilines is 1. The van der Waals surface area contributed by atoms with Gasteiger partial charge in [0.2, 0.25) is 5.91 Å². The van der Waals surface area contributed by atoms with Crippen molar-refractivity contribution in [1.82, 2.24) is 0 Å². The van der Waals surface area contributed by atoms with Gasteiger partial charge in [-0.2, -0.15) is 0 Å². The number of esters is 1. The summed E-state index contributed by atoms with van der Waals surface area (Å²) in [5.74, 6) is -0.0893. The lowest BCUT2D eigenvalue weighted by atomic mass is 10.1. The number of ether oxygens (including phenoxy) is 1. The number of hydrogen-bond acceptors (Lipinski definition) is 3. The smallest absolute Gasteiger partial charge is 0.338 e. The van der Waals surface area contributed by atoms with Crippen LogP contribution in [0.15, 0.2) is 24.3 Å². The number of amides is 1. The second-order valence-corrected chi connectivity index (χ2v) is 5.18. The topological polar surface area (TPSA) is 55.4 Å². The number of nitrogens with one attached hydrogen (secondary N) is 1. The van der Waals surface area contributed by atoms with Gasteiger partial charge in [-0.05, 0) is 43.5 Å². The fraction of sp³-hybridized carbons (Fsp3) is 0.500. The standard InChI is InChI=1S/C16H21NO3/c1-2-11-20-16(19)13-7-9-14(10-8-13)17-15(18)12-5-3-4-6-12/h7-10,12H,2-6,11H2,1H3,(H,17,18). The summed E-state index contributed by atoms with van der Waals surface area (Å²) >= 11 is 0. The molecule has 4 heteroatoms. The van der Waals surface area contributed by atoms with Gasteiger partial charge in [0.1, 0.15) is 0 Å². The maximum absolute atomic E-state index is 12.0. The minimum atomic E-state index is -0.319. The first kappa shape index (κ1) is 14.6. The van der Waals surface area contributed by atoms with Gasteiger partial charge in [0, 0.05) is 11.6 Å². The van der Waals surface area contributed by atoms with Gasteiger partial charge in [0.25, 0.3) is 0 Å². The summed E-state index contributed by atoms with van der Waals surface area (Å²) < 4.78 is 5.05. The van der Waals surface area contributed by atoms with E-state index in [1.807, 2.05) is 6.92 Å². The van der Waals surface area contributed by atoms with Gasteiger partial charge in [-0.25, -0.2) is 4.79 Å². The largest absolute Gasteiger partial charge is 0.462 e. The molecular weight excluding hydrogens is 254 g/mol. The highest BCUT2D eigenvalue weighted by Crippen LogP contribution is 2.26. The summed E-state index contributed by atoms with van der Waals surface area (Å²) in [6, 6.07) is 6.86. The Morgan fingerprint density at radius 1 is 1.20 bits per heavy atom. The van der Waals surface area contributed by atoms with E-state index < -0.39 is 0 Å². The van der Waals surface area contributed by atoms with Crippen LogP contribution in [0.3, 0.4) is 0 Å². The molecule has 0 unspecified atom stereocenters. The molecule has 108 valence electrons. The third kappa shape index (κ3) is 3.83. The van der Waals surface area contributed by atoms with E-state index in [2.05, 4.69) is 5.32 Å². The predicted octanol–water partition coefficient (Wildman–Crippen LogP) is 3.38. The minimum Gasteiger partial charge on any atom is -0.462 e. The van der Waals surface area contributed by atoms with E-state index in [4.69, 9.17) is 4.74 Å². The Morgan fingerprint density at radius 2 is 1.85 bits per heavy atom. The summed E-state index contributed by atoms with van der Waals surface area (Å²) in [5.41, 5.74) is 1.24. The Morgan fingerprint density at radius 3 is 2.45 bits per heavy atom. The molecule has 0 aromatic heterocycles. The molecule has 0 aliphatic heterocycles. The average Bonchev–Trinajstić information content (AvgIpc) is 3.00. The van der Waals surface area contributed by atoms with Crippen LogP contribution >= 0.6 is 0 Å². The van der Waals surface area contributed by atoms with E-state index in [-0.39, 0.29) is 17.8 Å². The molecule has 0 bridgehead atoms. The number of carbonyl (C=O) groups excluding carboxylic acids is 2. The maximum Gasteiger partial charge on any atom is 0.338 e. The van der Waals surface area contributed by atoms with Crippen molar-refractivity contribution in [3.63, 3.8) is 0 Å². The minimum absolute atomic E-state index is 0.0869. The van der Waals surface area contributed by atoms with Gasteiger partial charge in [0.05, 0.1) is 12.2 Å². The molecule has 1 saturated carbocycles. The molecule has 20 heavy (non-hydrogen) atoms. The Labute approximate surface area is 119 Å². The zero-order valence-corrected chi connectivity index (χ0v) is 11.9. The molecule has 1 aliphatic carbocycles. The lowest BCUT2D eigenvalue weighted by Crippen LogP contribution is -2.20. The molecule has 0 saturated heterocycles. The van der Waals surface area contributed by atoms with Crippen LogP contribution < -0.4 is 5.32 Å². The first-order valence-corrected chi connectivity index (χ1v) is 7.28. The monoisotopic (exact) mass is 275 g/mol. The molecule has 0 spiro atoms. The molecule has 1 aliphatic rings. The van der Waals surface area contributed by atoms with Crippen molar-refractivity contribution in [3.8, 4) is 0 Å². The van der Waals surface area contributed by atoms with E-state index in [0.717, 1.165) is 37.8 Å². The molecule has 0 radical (unpaired) electrons. The van der Waals surface area contributed by atoms with E-state index >= 15 is 0 Å². The molecule has 2 rings (SSSR count). The quantitative estimate of drug-likeness (QED) is 0.838. The normalized spacial score (nSPS) is 15.1. The predicted molar refractivity (Wildman–Crippen MR) is 77.6 cm³/mol. The maximum atomic E-state index is 12.0. The van der Waals surface area contributed by atoms with Crippen LogP contribution in [0.1, 0.15) is 49.4 Å². The Balaban J connectivity index is 1.90. The van der Waals surface area contributed by atoms with Crippen LogP contribution in [0.5, 0.6) is 0 Å². The highest BCUT2D eigenvalue weighted by atomic mass is 16.5. The second kappa shape index (κ2) is 7.08. The van der Waals surface area contributed by atoms with Crippen LogP contribution in [0.25, 0.3) is 0 Å². The molecule has 0 atom stereocenters. The van der Waals surface area contributed by atoms with Gasteiger partial charge in [-0.3, -0.25) is 4.79 Å². The van der Waals surface area contributed by atoms with Crippen molar-refractivity contribution in [1.29, 1.82) is 0 Å². The highest BCUT2D eigenvalue weighted by molar-refractivity contribution is 5.94. The fourth-order valence-electron chi connectivity index (χ4n) is 2.40. The lowest BCUT2D eigenvalue weighted by molar-refractivity contribution is -0.119. The van der Waals surface area contributed by atoms with Crippen LogP contribution in [-0.4, -0.2) is 18.5 Å². The lowest BCUT2D eigenvalue weighted by Gasteiger charge is -2.10. The van der Waals surface area contributed by atoms with Crippen molar-refractivity contribution in [2.24, 2.45) is 5.92 Å². The highest BCUT2D eigenvalue weighted by Gasteiger charge is 2.22. The van der Waals surface area contributed by atoms with E-state index in [1.54, 1.807) is 24.3 Å². The van der Waals surface area contributed by atoms with Crippen molar-refractivity contribution >= 4 is 17.6 Å². The Hall–Kier alpha value is -1.84. The molecule has 4 nitrogen and oxygen atoms in total. The van der Waals surface area contributed by atoms with Gasteiger partial charge >= 0.3 is 5.97 Å². The van der Waals surface area contributed by atoms with E-state index in [1.165, 1.54) is 0 Å². The van der Waals surface area contributed by atoms with Crippen molar-refractivity contribution in [3.05, 3.63) is 29.8 Å². The summed E-state index contributed by atoms with van der Waals surface area (Å²) in [4.78, 5) is 23.6. The Bertz CT molecular complexity index is 461. The third-order valence-electron chi connectivity index (χ3n) is 3.55. The van der Waals surface area contributed by atoms with Gasteiger partial charge in [-0.1, -0.05) is 19.8 Å². The van der Waals surface area contributed by atoms with Crippen LogP contribution in [0.4, 0.5) is 5.69 Å². The number of hydrogen-bond donors (Lipinski definition) is 1. The van der Waals surface area contributed by atoms with Gasteiger partial charge < -0.3 is 10.1 Å². The van der Waals surface area contributed by atoms with Crippen LogP contribution in [-0.2, 0) is 9.53 Å². The molecular formula is C16H21NO3. The van der Waals surface area contributed by atoms with E-state index in [0.29, 0.717) is 12.2 Å². The first-order chi connectivity index (χ1) is 9.70.